The fraction of sp³-hybridized carbons (Fsp3) is 0.250. The topological polar surface area (TPSA) is 103 Å². The Kier molecular flexibility index (Phi) is 10.5. The predicted octanol–water partition coefficient (Wildman–Crippen LogP) is 7.34. The summed E-state index contributed by atoms with van der Waals surface area (Å²) in [6.07, 6.45) is -9.64. The summed E-state index contributed by atoms with van der Waals surface area (Å²) in [5.74, 6) is -2.66. The molecule has 0 spiro atoms. The first-order chi connectivity index (χ1) is 19.6. The molecule has 0 aliphatic carbocycles. The Hall–Kier alpha value is -3.80. The molecule has 0 unspecified atom stereocenters. The zero-order valence-corrected chi connectivity index (χ0v) is 22.2. The van der Waals surface area contributed by atoms with Gasteiger partial charge in [0.1, 0.15) is 0 Å². The third kappa shape index (κ3) is 8.15. The highest BCUT2D eigenvalue weighted by atomic mass is 79.9. The van der Waals surface area contributed by atoms with Gasteiger partial charge in [-0.15, -0.1) is 0 Å². The lowest BCUT2D eigenvalue weighted by Gasteiger charge is -2.11. The molecule has 2 N–H and O–H groups in total. The summed E-state index contributed by atoms with van der Waals surface area (Å²) < 4.78 is 126. The molecule has 7 nitrogen and oxygen atoms in total. The highest BCUT2D eigenvalue weighted by Gasteiger charge is 2.35. The van der Waals surface area contributed by atoms with E-state index >= 15 is 0 Å². The van der Waals surface area contributed by atoms with E-state index in [2.05, 4.69) is 45.8 Å². The standard InChI is InChI=1S/C12H7BrF5N3.C12H9F5N4/c13-2-7-1-8(9(5-19-7)10(14)15)6-3-20-11(21-4-6)12(16,17)18;13-10(14)9-5-19-7(2-18)1-8(9)6-3-20-11(21-4-6)12(15,16)17/h1,3-5,10H,2H2;1,3-5,10H,2,18H2. The number of alkyl halides is 11. The first-order valence-electron chi connectivity index (χ1n) is 11.2. The fourth-order valence-electron chi connectivity index (χ4n) is 3.28. The molecule has 0 fully saturated rings. The van der Waals surface area contributed by atoms with Gasteiger partial charge in [0.15, 0.2) is 0 Å². The van der Waals surface area contributed by atoms with Crippen molar-refractivity contribution in [2.24, 2.45) is 5.73 Å². The number of hydrogen-bond acceptors (Lipinski definition) is 7. The molecule has 0 atom stereocenters. The molecule has 0 aliphatic heterocycles. The smallest absolute Gasteiger partial charge is 0.325 e. The van der Waals surface area contributed by atoms with Crippen molar-refractivity contribution in [3.05, 3.63) is 83.5 Å². The number of hydrogen-bond donors (Lipinski definition) is 1. The van der Waals surface area contributed by atoms with E-state index in [1.807, 2.05) is 0 Å². The number of rotatable bonds is 6. The van der Waals surface area contributed by atoms with Crippen LogP contribution in [0, 0.1) is 0 Å². The average molecular weight is 672 g/mol. The van der Waals surface area contributed by atoms with Crippen molar-refractivity contribution in [2.45, 2.75) is 37.1 Å². The zero-order chi connectivity index (χ0) is 31.2. The summed E-state index contributed by atoms with van der Waals surface area (Å²) in [6.45, 7) is 0.0119. The molecule has 0 radical (unpaired) electrons. The van der Waals surface area contributed by atoms with E-state index in [1.54, 1.807) is 0 Å². The van der Waals surface area contributed by atoms with Gasteiger partial charge in [0.25, 0.3) is 12.9 Å². The van der Waals surface area contributed by atoms with Crippen molar-refractivity contribution in [1.29, 1.82) is 0 Å². The van der Waals surface area contributed by atoms with Crippen LogP contribution in [0.15, 0.2) is 49.3 Å². The van der Waals surface area contributed by atoms with Crippen LogP contribution in [0.4, 0.5) is 43.9 Å². The molecule has 4 aromatic rings. The summed E-state index contributed by atoms with van der Waals surface area (Å²) in [5, 5.41) is 0.324. The van der Waals surface area contributed by atoms with Gasteiger partial charge >= 0.3 is 12.4 Å². The van der Waals surface area contributed by atoms with Crippen molar-refractivity contribution in [1.82, 2.24) is 29.9 Å². The van der Waals surface area contributed by atoms with E-state index in [0.29, 0.717) is 16.7 Å². The molecule has 42 heavy (non-hydrogen) atoms. The second-order valence-electron chi connectivity index (χ2n) is 8.05. The number of nitrogens with zero attached hydrogens (tertiary/aromatic N) is 6. The molecule has 224 valence electrons. The van der Waals surface area contributed by atoms with Gasteiger partial charge in [-0.05, 0) is 23.3 Å². The van der Waals surface area contributed by atoms with E-state index < -0.39 is 42.4 Å². The average Bonchev–Trinajstić information content (AvgIpc) is 2.96. The highest BCUT2D eigenvalue weighted by molar-refractivity contribution is 9.08. The van der Waals surface area contributed by atoms with Crippen LogP contribution in [0.25, 0.3) is 22.3 Å². The van der Waals surface area contributed by atoms with Crippen LogP contribution in [0.1, 0.15) is 47.0 Å². The van der Waals surface area contributed by atoms with Crippen LogP contribution >= 0.6 is 15.9 Å². The molecule has 18 heteroatoms. The van der Waals surface area contributed by atoms with Gasteiger partial charge in [0, 0.05) is 71.3 Å². The summed E-state index contributed by atoms with van der Waals surface area (Å²) in [5.41, 5.74) is 5.54. The summed E-state index contributed by atoms with van der Waals surface area (Å²) in [6, 6.07) is 2.65. The van der Waals surface area contributed by atoms with Crippen LogP contribution in [-0.4, -0.2) is 29.9 Å². The summed E-state index contributed by atoms with van der Waals surface area (Å²) in [4.78, 5) is 20.2. The SMILES string of the molecule is FC(F)c1cnc(CBr)cc1-c1cnc(C(F)(F)F)nc1.NCc1cc(-c2cnc(C(F)(F)F)nc2)c(C(F)F)cn1. The molecule has 0 amide bonds. The first-order valence-corrected chi connectivity index (χ1v) is 12.4. The first kappa shape index (κ1) is 32.7. The summed E-state index contributed by atoms with van der Waals surface area (Å²) in [7, 11) is 0. The minimum Gasteiger partial charge on any atom is -0.325 e. The third-order valence-corrected chi connectivity index (χ3v) is 5.81. The van der Waals surface area contributed by atoms with E-state index in [0.717, 1.165) is 37.2 Å². The molecule has 4 heterocycles. The number of pyridine rings is 2. The maximum atomic E-state index is 12.9. The fourth-order valence-corrected chi connectivity index (χ4v) is 3.58. The van der Waals surface area contributed by atoms with Gasteiger partial charge in [-0.3, -0.25) is 9.97 Å². The Morgan fingerprint density at radius 3 is 1.26 bits per heavy atom. The van der Waals surface area contributed by atoms with Gasteiger partial charge < -0.3 is 5.73 Å². The predicted molar refractivity (Wildman–Crippen MR) is 131 cm³/mol. The van der Waals surface area contributed by atoms with Gasteiger partial charge in [-0.1, -0.05) is 15.9 Å². The minimum atomic E-state index is -4.69. The van der Waals surface area contributed by atoms with Crippen molar-refractivity contribution in [3.8, 4) is 22.3 Å². The number of aromatic nitrogens is 6. The Morgan fingerprint density at radius 1 is 0.595 bits per heavy atom. The van der Waals surface area contributed by atoms with Gasteiger partial charge in [-0.2, -0.15) is 26.3 Å². The molecule has 0 aliphatic rings. The lowest BCUT2D eigenvalue weighted by Crippen LogP contribution is -2.10. The normalized spacial score (nSPS) is 12.0. The van der Waals surface area contributed by atoms with Gasteiger partial charge in [0.05, 0.1) is 11.4 Å². The maximum Gasteiger partial charge on any atom is 0.451 e. The van der Waals surface area contributed by atoms with E-state index in [1.165, 1.54) is 12.1 Å². The van der Waals surface area contributed by atoms with Gasteiger partial charge in [0.2, 0.25) is 11.6 Å². The molecule has 4 aromatic heterocycles. The molecule has 0 saturated heterocycles. The van der Waals surface area contributed by atoms with E-state index in [9.17, 15) is 43.9 Å². The van der Waals surface area contributed by atoms with Crippen LogP contribution in [0.2, 0.25) is 0 Å². The van der Waals surface area contributed by atoms with Crippen LogP contribution in [0.5, 0.6) is 0 Å². The molecular weight excluding hydrogens is 656 g/mol. The van der Waals surface area contributed by atoms with Crippen LogP contribution in [0.3, 0.4) is 0 Å². The Labute approximate surface area is 238 Å². The number of nitrogens with two attached hydrogens (primary N) is 1. The molecule has 0 saturated carbocycles. The quantitative estimate of drug-likeness (QED) is 0.169. The molecule has 4 rings (SSSR count). The highest BCUT2D eigenvalue weighted by Crippen LogP contribution is 2.34. The summed E-state index contributed by atoms with van der Waals surface area (Å²) >= 11 is 3.13. The second-order valence-corrected chi connectivity index (χ2v) is 8.61. The van der Waals surface area contributed by atoms with Crippen molar-refractivity contribution < 1.29 is 43.9 Å². The number of halogens is 11. The Morgan fingerprint density at radius 2 is 0.952 bits per heavy atom. The second kappa shape index (κ2) is 13.5. The lowest BCUT2D eigenvalue weighted by molar-refractivity contribution is -0.145. The molecular formula is C24H16BrF10N7. The monoisotopic (exact) mass is 671 g/mol. The lowest BCUT2D eigenvalue weighted by atomic mass is 10.0. The Bertz CT molecular complexity index is 1370. The minimum absolute atomic E-state index is 0.00849. The maximum absolute atomic E-state index is 12.9. The zero-order valence-electron chi connectivity index (χ0n) is 20.6. The molecule has 0 bridgehead atoms. The van der Waals surface area contributed by atoms with Gasteiger partial charge in [-0.25, -0.2) is 37.5 Å². The van der Waals surface area contributed by atoms with Crippen LogP contribution < -0.4 is 5.73 Å². The third-order valence-electron chi connectivity index (χ3n) is 5.23. The van der Waals surface area contributed by atoms with Crippen molar-refractivity contribution in [2.75, 3.05) is 0 Å². The largest absolute Gasteiger partial charge is 0.451 e. The van der Waals surface area contributed by atoms with Crippen LogP contribution in [-0.2, 0) is 24.2 Å². The van der Waals surface area contributed by atoms with Crippen molar-refractivity contribution >= 4 is 15.9 Å². The van der Waals surface area contributed by atoms with E-state index in [-0.39, 0.29) is 34.4 Å². The van der Waals surface area contributed by atoms with E-state index in [4.69, 9.17) is 5.73 Å². The molecule has 0 aromatic carbocycles. The Balaban J connectivity index is 0.000000230. The van der Waals surface area contributed by atoms with Crippen molar-refractivity contribution in [3.63, 3.8) is 0 Å².